The van der Waals surface area contributed by atoms with E-state index in [2.05, 4.69) is 16.3 Å². The SMILES string of the molecule is Cc1cccc(-c2nnc(SCC(=O)N(CC(C)C)[C@@H]3CCS(=O)(=O)C3)n2-c2ccccc2)c1. The van der Waals surface area contributed by atoms with Crippen LogP contribution in [0, 0.1) is 12.8 Å². The molecule has 2 heterocycles. The first kappa shape index (κ1) is 24.5. The van der Waals surface area contributed by atoms with Crippen LogP contribution in [0.15, 0.2) is 59.8 Å². The molecule has 180 valence electrons. The molecule has 3 aromatic rings. The second kappa shape index (κ2) is 10.3. The lowest BCUT2D eigenvalue weighted by Gasteiger charge is -2.29. The third-order valence-corrected chi connectivity index (χ3v) is 8.44. The fourth-order valence-corrected chi connectivity index (χ4v) is 6.79. The van der Waals surface area contributed by atoms with Crippen molar-refractivity contribution in [1.29, 1.82) is 0 Å². The van der Waals surface area contributed by atoms with Crippen molar-refractivity contribution in [2.45, 2.75) is 38.4 Å². The highest BCUT2D eigenvalue weighted by atomic mass is 32.2. The molecule has 1 fully saturated rings. The van der Waals surface area contributed by atoms with Crippen LogP contribution in [-0.2, 0) is 14.6 Å². The number of hydrogen-bond donors (Lipinski definition) is 0. The Morgan fingerprint density at radius 2 is 1.91 bits per heavy atom. The van der Waals surface area contributed by atoms with Crippen molar-refractivity contribution in [3.8, 4) is 17.1 Å². The van der Waals surface area contributed by atoms with E-state index in [4.69, 9.17) is 0 Å². The van der Waals surface area contributed by atoms with E-state index >= 15 is 0 Å². The van der Waals surface area contributed by atoms with Gasteiger partial charge in [-0.05, 0) is 37.5 Å². The van der Waals surface area contributed by atoms with Crippen LogP contribution in [0.25, 0.3) is 17.1 Å². The number of benzene rings is 2. The molecule has 1 saturated heterocycles. The summed E-state index contributed by atoms with van der Waals surface area (Å²) in [5.41, 5.74) is 2.99. The highest BCUT2D eigenvalue weighted by Crippen LogP contribution is 2.29. The molecule has 2 aromatic carbocycles. The molecule has 4 rings (SSSR count). The molecule has 0 N–H and O–H groups in total. The van der Waals surface area contributed by atoms with E-state index in [1.807, 2.05) is 73.9 Å². The van der Waals surface area contributed by atoms with E-state index in [1.54, 1.807) is 4.90 Å². The molecule has 9 heteroatoms. The molecule has 0 aliphatic carbocycles. The summed E-state index contributed by atoms with van der Waals surface area (Å²) in [6, 6.07) is 17.7. The fraction of sp³-hybridized carbons (Fsp3) is 0.400. The van der Waals surface area contributed by atoms with Crippen molar-refractivity contribution >= 4 is 27.5 Å². The van der Waals surface area contributed by atoms with Gasteiger partial charge in [-0.2, -0.15) is 0 Å². The van der Waals surface area contributed by atoms with Gasteiger partial charge in [-0.25, -0.2) is 8.42 Å². The van der Waals surface area contributed by atoms with Crippen molar-refractivity contribution in [1.82, 2.24) is 19.7 Å². The number of carbonyl (C=O) groups excluding carboxylic acids is 1. The van der Waals surface area contributed by atoms with Gasteiger partial charge in [0, 0.05) is 23.8 Å². The van der Waals surface area contributed by atoms with Gasteiger partial charge in [0.25, 0.3) is 0 Å². The van der Waals surface area contributed by atoms with Crippen molar-refractivity contribution in [3.63, 3.8) is 0 Å². The third-order valence-electron chi connectivity index (χ3n) is 5.78. The molecule has 0 unspecified atom stereocenters. The Bertz CT molecular complexity index is 1260. The maximum atomic E-state index is 13.3. The number of sulfone groups is 1. The molecule has 1 aliphatic heterocycles. The van der Waals surface area contributed by atoms with Gasteiger partial charge >= 0.3 is 0 Å². The lowest BCUT2D eigenvalue weighted by atomic mass is 10.1. The lowest BCUT2D eigenvalue weighted by Crippen LogP contribution is -2.44. The summed E-state index contributed by atoms with van der Waals surface area (Å²) < 4.78 is 26.0. The van der Waals surface area contributed by atoms with Gasteiger partial charge in [0.05, 0.1) is 17.3 Å². The Morgan fingerprint density at radius 3 is 2.56 bits per heavy atom. The number of carbonyl (C=O) groups is 1. The van der Waals surface area contributed by atoms with Crippen LogP contribution >= 0.6 is 11.8 Å². The van der Waals surface area contributed by atoms with E-state index in [0.717, 1.165) is 16.8 Å². The highest BCUT2D eigenvalue weighted by Gasteiger charge is 2.35. The van der Waals surface area contributed by atoms with Gasteiger partial charge in [-0.3, -0.25) is 9.36 Å². The second-order valence-electron chi connectivity index (χ2n) is 9.13. The number of para-hydroxylation sites is 1. The van der Waals surface area contributed by atoms with Gasteiger partial charge in [0.1, 0.15) is 0 Å². The monoisotopic (exact) mass is 498 g/mol. The summed E-state index contributed by atoms with van der Waals surface area (Å²) in [4.78, 5) is 15.0. The number of hydrogen-bond acceptors (Lipinski definition) is 6. The first-order chi connectivity index (χ1) is 16.2. The molecule has 34 heavy (non-hydrogen) atoms. The van der Waals surface area contributed by atoms with Crippen LogP contribution in [-0.4, -0.2) is 63.8 Å². The van der Waals surface area contributed by atoms with Crippen LogP contribution in [0.3, 0.4) is 0 Å². The largest absolute Gasteiger partial charge is 0.338 e. The lowest BCUT2D eigenvalue weighted by molar-refractivity contribution is -0.130. The quantitative estimate of drug-likeness (QED) is 0.437. The minimum atomic E-state index is -3.08. The average molecular weight is 499 g/mol. The van der Waals surface area contributed by atoms with Gasteiger partial charge in [-0.1, -0.05) is 67.6 Å². The van der Waals surface area contributed by atoms with E-state index in [9.17, 15) is 13.2 Å². The number of thioether (sulfide) groups is 1. The van der Waals surface area contributed by atoms with E-state index in [0.29, 0.717) is 23.9 Å². The van der Waals surface area contributed by atoms with Crippen molar-refractivity contribution < 1.29 is 13.2 Å². The van der Waals surface area contributed by atoms with Crippen molar-refractivity contribution in [3.05, 3.63) is 60.2 Å². The Kier molecular flexibility index (Phi) is 7.42. The Hall–Kier alpha value is -2.65. The molecule has 0 radical (unpaired) electrons. The molecule has 0 spiro atoms. The van der Waals surface area contributed by atoms with Gasteiger partial charge in [0.15, 0.2) is 20.8 Å². The topological polar surface area (TPSA) is 85.2 Å². The molecule has 0 bridgehead atoms. The highest BCUT2D eigenvalue weighted by molar-refractivity contribution is 7.99. The Morgan fingerprint density at radius 1 is 1.15 bits per heavy atom. The average Bonchev–Trinajstić information content (AvgIpc) is 3.39. The Balaban J connectivity index is 1.60. The minimum Gasteiger partial charge on any atom is -0.338 e. The van der Waals surface area contributed by atoms with Crippen LogP contribution in [0.5, 0.6) is 0 Å². The zero-order chi connectivity index (χ0) is 24.3. The molecular weight excluding hydrogens is 468 g/mol. The normalized spacial score (nSPS) is 17.2. The molecule has 0 saturated carbocycles. The number of aromatic nitrogens is 3. The number of rotatable bonds is 8. The van der Waals surface area contributed by atoms with E-state index < -0.39 is 9.84 Å². The summed E-state index contributed by atoms with van der Waals surface area (Å²) in [6.07, 6.45) is 0.503. The molecule has 1 aromatic heterocycles. The van der Waals surface area contributed by atoms with Crippen LogP contribution in [0.4, 0.5) is 0 Å². The first-order valence-corrected chi connectivity index (χ1v) is 14.2. The molecule has 1 aliphatic rings. The first-order valence-electron chi connectivity index (χ1n) is 11.4. The zero-order valence-electron chi connectivity index (χ0n) is 19.7. The summed E-state index contributed by atoms with van der Waals surface area (Å²) in [5.74, 6) is 1.26. The molecular formula is C25H30N4O3S2. The van der Waals surface area contributed by atoms with Crippen LogP contribution in [0.2, 0.25) is 0 Å². The van der Waals surface area contributed by atoms with E-state index in [1.165, 1.54) is 11.8 Å². The fourth-order valence-electron chi connectivity index (χ4n) is 4.22. The van der Waals surface area contributed by atoms with Gasteiger partial charge in [0.2, 0.25) is 5.91 Å². The van der Waals surface area contributed by atoms with Gasteiger partial charge in [-0.15, -0.1) is 10.2 Å². The number of aryl methyl sites for hydroxylation is 1. The number of nitrogens with zero attached hydrogens (tertiary/aromatic N) is 4. The van der Waals surface area contributed by atoms with Crippen molar-refractivity contribution in [2.24, 2.45) is 5.92 Å². The Labute approximate surface area is 205 Å². The number of amides is 1. The predicted molar refractivity (Wildman–Crippen MR) is 136 cm³/mol. The predicted octanol–water partition coefficient (Wildman–Crippen LogP) is 4.01. The summed E-state index contributed by atoms with van der Waals surface area (Å²) in [5, 5.41) is 9.50. The summed E-state index contributed by atoms with van der Waals surface area (Å²) >= 11 is 1.33. The van der Waals surface area contributed by atoms with Crippen molar-refractivity contribution in [2.75, 3.05) is 23.8 Å². The zero-order valence-corrected chi connectivity index (χ0v) is 21.3. The smallest absolute Gasteiger partial charge is 0.233 e. The van der Waals surface area contributed by atoms with E-state index in [-0.39, 0.29) is 35.1 Å². The van der Waals surface area contributed by atoms with Crippen LogP contribution < -0.4 is 0 Å². The third kappa shape index (κ3) is 5.70. The summed E-state index contributed by atoms with van der Waals surface area (Å²) in [6.45, 7) is 6.65. The molecule has 1 atom stereocenters. The molecule has 1 amide bonds. The maximum Gasteiger partial charge on any atom is 0.233 e. The second-order valence-corrected chi connectivity index (χ2v) is 12.3. The van der Waals surface area contributed by atoms with Crippen LogP contribution in [0.1, 0.15) is 25.8 Å². The van der Waals surface area contributed by atoms with Gasteiger partial charge < -0.3 is 4.90 Å². The summed E-state index contributed by atoms with van der Waals surface area (Å²) in [7, 11) is -3.08. The maximum absolute atomic E-state index is 13.3. The minimum absolute atomic E-state index is 0.0494. The molecule has 7 nitrogen and oxygen atoms in total. The standard InChI is InChI=1S/C25H30N4O3S2/c1-18(2)15-28(22-12-13-34(31,32)17-22)23(30)16-33-25-27-26-24(20-9-7-8-19(3)14-20)29(25)21-10-5-4-6-11-21/h4-11,14,18,22H,12-13,15-17H2,1-3H3/t22-/m1/s1.